The SMILES string of the molecule is C=C(NCc1ccccc1)NC(CC(C)C)C(CC)CCc1cccc(C)c1C#N. The fraction of sp³-hybridized carbons (Fsp3) is 0.444. The minimum atomic E-state index is 0.362. The molecule has 0 radical (unpaired) electrons. The van der Waals surface area contributed by atoms with Gasteiger partial charge in [0.1, 0.15) is 0 Å². The molecule has 3 nitrogen and oxygen atoms in total. The van der Waals surface area contributed by atoms with Crippen molar-refractivity contribution in [2.45, 2.75) is 66.0 Å². The predicted octanol–water partition coefficient (Wildman–Crippen LogP) is 6.09. The molecule has 0 aliphatic heterocycles. The number of rotatable bonds is 12. The van der Waals surface area contributed by atoms with Crippen LogP contribution in [0.2, 0.25) is 0 Å². The van der Waals surface area contributed by atoms with E-state index in [1.165, 1.54) is 11.1 Å². The lowest BCUT2D eigenvalue weighted by molar-refractivity contribution is 0.295. The van der Waals surface area contributed by atoms with Gasteiger partial charge >= 0.3 is 0 Å². The van der Waals surface area contributed by atoms with Crippen molar-refractivity contribution in [3.63, 3.8) is 0 Å². The summed E-state index contributed by atoms with van der Waals surface area (Å²) in [6.07, 6.45) is 4.20. The Morgan fingerprint density at radius 3 is 2.47 bits per heavy atom. The first-order chi connectivity index (χ1) is 14.4. The van der Waals surface area contributed by atoms with Gasteiger partial charge in [0.25, 0.3) is 0 Å². The van der Waals surface area contributed by atoms with E-state index in [2.05, 4.69) is 80.5 Å². The monoisotopic (exact) mass is 403 g/mol. The quantitative estimate of drug-likeness (QED) is 0.451. The lowest BCUT2D eigenvalue weighted by Gasteiger charge is -2.31. The zero-order valence-corrected chi connectivity index (χ0v) is 19.0. The lowest BCUT2D eigenvalue weighted by atomic mass is 9.85. The summed E-state index contributed by atoms with van der Waals surface area (Å²) < 4.78 is 0. The van der Waals surface area contributed by atoms with Gasteiger partial charge in [-0.25, -0.2) is 0 Å². The predicted molar refractivity (Wildman–Crippen MR) is 127 cm³/mol. The Balaban J connectivity index is 2.01. The van der Waals surface area contributed by atoms with E-state index < -0.39 is 0 Å². The van der Waals surface area contributed by atoms with Gasteiger partial charge < -0.3 is 10.6 Å². The summed E-state index contributed by atoms with van der Waals surface area (Å²) in [6.45, 7) is 13.8. The second kappa shape index (κ2) is 12.1. The van der Waals surface area contributed by atoms with Crippen LogP contribution in [0.4, 0.5) is 0 Å². The highest BCUT2D eigenvalue weighted by Crippen LogP contribution is 2.24. The van der Waals surface area contributed by atoms with Crippen LogP contribution in [-0.2, 0) is 13.0 Å². The molecule has 3 heteroatoms. The molecule has 2 aromatic carbocycles. The van der Waals surface area contributed by atoms with Crippen LogP contribution in [0.5, 0.6) is 0 Å². The van der Waals surface area contributed by atoms with Gasteiger partial charge in [0, 0.05) is 12.6 Å². The Labute approximate surface area is 183 Å². The molecule has 2 rings (SSSR count). The van der Waals surface area contributed by atoms with Crippen LogP contribution in [-0.4, -0.2) is 6.04 Å². The average Bonchev–Trinajstić information content (AvgIpc) is 2.73. The molecule has 0 heterocycles. The van der Waals surface area contributed by atoms with E-state index in [0.29, 0.717) is 17.9 Å². The summed E-state index contributed by atoms with van der Waals surface area (Å²) in [5.74, 6) is 2.01. The molecule has 2 atom stereocenters. The van der Waals surface area contributed by atoms with Gasteiger partial charge in [-0.15, -0.1) is 0 Å². The molecule has 30 heavy (non-hydrogen) atoms. The van der Waals surface area contributed by atoms with Gasteiger partial charge in [-0.3, -0.25) is 0 Å². The third-order valence-electron chi connectivity index (χ3n) is 5.78. The van der Waals surface area contributed by atoms with Crippen molar-refractivity contribution in [1.29, 1.82) is 5.26 Å². The molecule has 0 saturated carbocycles. The molecular weight excluding hydrogens is 366 g/mol. The minimum absolute atomic E-state index is 0.362. The summed E-state index contributed by atoms with van der Waals surface area (Å²) in [6, 6.07) is 19.3. The summed E-state index contributed by atoms with van der Waals surface area (Å²) in [4.78, 5) is 0. The molecule has 0 spiro atoms. The molecule has 160 valence electrons. The number of nitrogens with zero attached hydrogens (tertiary/aromatic N) is 1. The van der Waals surface area contributed by atoms with E-state index in [-0.39, 0.29) is 0 Å². The van der Waals surface area contributed by atoms with Gasteiger partial charge in [0.05, 0.1) is 17.5 Å². The maximum absolute atomic E-state index is 9.54. The second-order valence-electron chi connectivity index (χ2n) is 8.63. The summed E-state index contributed by atoms with van der Waals surface area (Å²) in [5.41, 5.74) is 4.32. The number of nitriles is 1. The van der Waals surface area contributed by atoms with Crippen molar-refractivity contribution < 1.29 is 0 Å². The van der Waals surface area contributed by atoms with E-state index in [1.54, 1.807) is 0 Å². The first kappa shape index (κ1) is 23.5. The maximum atomic E-state index is 9.54. The Morgan fingerprint density at radius 1 is 1.10 bits per heavy atom. The fourth-order valence-corrected chi connectivity index (χ4v) is 4.08. The third-order valence-corrected chi connectivity index (χ3v) is 5.78. The van der Waals surface area contributed by atoms with Gasteiger partial charge in [-0.1, -0.05) is 82.3 Å². The topological polar surface area (TPSA) is 47.8 Å². The van der Waals surface area contributed by atoms with Crippen LogP contribution >= 0.6 is 0 Å². The number of benzene rings is 2. The van der Waals surface area contributed by atoms with E-state index in [1.807, 2.05) is 19.1 Å². The molecule has 0 fully saturated rings. The zero-order valence-electron chi connectivity index (χ0n) is 19.0. The molecular formula is C27H37N3. The van der Waals surface area contributed by atoms with E-state index in [4.69, 9.17) is 0 Å². The van der Waals surface area contributed by atoms with Crippen LogP contribution < -0.4 is 10.6 Å². The van der Waals surface area contributed by atoms with Crippen molar-refractivity contribution in [3.05, 3.63) is 83.2 Å². The van der Waals surface area contributed by atoms with Crippen LogP contribution in [0.3, 0.4) is 0 Å². The molecule has 0 amide bonds. The van der Waals surface area contributed by atoms with E-state index in [9.17, 15) is 5.26 Å². The Kier molecular flexibility index (Phi) is 9.48. The second-order valence-corrected chi connectivity index (χ2v) is 8.63. The number of hydrogen-bond acceptors (Lipinski definition) is 3. The van der Waals surface area contributed by atoms with Crippen LogP contribution in [0.1, 0.15) is 62.3 Å². The molecule has 0 saturated heterocycles. The molecule has 0 aromatic heterocycles. The lowest BCUT2D eigenvalue weighted by Crippen LogP contribution is -2.40. The number of aryl methyl sites for hydroxylation is 2. The first-order valence-electron chi connectivity index (χ1n) is 11.2. The van der Waals surface area contributed by atoms with Gasteiger partial charge in [-0.2, -0.15) is 5.26 Å². The third kappa shape index (κ3) is 7.26. The van der Waals surface area contributed by atoms with Crippen molar-refractivity contribution >= 4 is 0 Å². The normalized spacial score (nSPS) is 12.8. The van der Waals surface area contributed by atoms with E-state index >= 15 is 0 Å². The number of hydrogen-bond donors (Lipinski definition) is 2. The number of nitrogens with one attached hydrogen (secondary N) is 2. The summed E-state index contributed by atoms with van der Waals surface area (Å²) in [7, 11) is 0. The van der Waals surface area contributed by atoms with Crippen LogP contribution in [0.15, 0.2) is 60.9 Å². The minimum Gasteiger partial charge on any atom is -0.369 e. The highest BCUT2D eigenvalue weighted by atomic mass is 15.1. The van der Waals surface area contributed by atoms with Crippen molar-refractivity contribution in [3.8, 4) is 6.07 Å². The zero-order chi connectivity index (χ0) is 21.9. The van der Waals surface area contributed by atoms with E-state index in [0.717, 1.165) is 49.2 Å². The fourth-order valence-electron chi connectivity index (χ4n) is 4.08. The van der Waals surface area contributed by atoms with Gasteiger partial charge in [0.15, 0.2) is 0 Å². The molecule has 0 aliphatic carbocycles. The van der Waals surface area contributed by atoms with Crippen LogP contribution in [0, 0.1) is 30.1 Å². The molecule has 0 bridgehead atoms. The Hall–Kier alpha value is -2.73. The molecule has 2 aromatic rings. The summed E-state index contributed by atoms with van der Waals surface area (Å²) >= 11 is 0. The van der Waals surface area contributed by atoms with Crippen LogP contribution in [0.25, 0.3) is 0 Å². The van der Waals surface area contributed by atoms with Gasteiger partial charge in [-0.05, 0) is 54.7 Å². The Bertz CT molecular complexity index is 833. The summed E-state index contributed by atoms with van der Waals surface area (Å²) in [5, 5.41) is 16.6. The first-order valence-corrected chi connectivity index (χ1v) is 11.2. The van der Waals surface area contributed by atoms with Crippen molar-refractivity contribution in [1.82, 2.24) is 10.6 Å². The Morgan fingerprint density at radius 2 is 1.83 bits per heavy atom. The van der Waals surface area contributed by atoms with Crippen molar-refractivity contribution in [2.24, 2.45) is 11.8 Å². The molecule has 2 unspecified atom stereocenters. The van der Waals surface area contributed by atoms with Gasteiger partial charge in [0.2, 0.25) is 0 Å². The highest BCUT2D eigenvalue weighted by molar-refractivity contribution is 5.43. The molecule has 2 N–H and O–H groups in total. The van der Waals surface area contributed by atoms with Crippen molar-refractivity contribution in [2.75, 3.05) is 0 Å². The highest BCUT2D eigenvalue weighted by Gasteiger charge is 2.22. The molecule has 0 aliphatic rings. The average molecular weight is 404 g/mol. The largest absolute Gasteiger partial charge is 0.369 e. The maximum Gasteiger partial charge on any atom is 0.0997 e. The standard InChI is InChI=1S/C27H37N3/c1-6-24(15-16-25-14-10-11-21(4)26(25)18-28)27(17-20(2)3)30-22(5)29-19-23-12-8-7-9-13-23/h7-14,20,24,27,29-30H,5-6,15-17,19H2,1-4H3. The smallest absolute Gasteiger partial charge is 0.0997 e.